The van der Waals surface area contributed by atoms with Crippen molar-refractivity contribution >= 4 is 44.7 Å². The van der Waals surface area contributed by atoms with Gasteiger partial charge in [-0.1, -0.05) is 42.8 Å². The van der Waals surface area contributed by atoms with Gasteiger partial charge in [-0.25, -0.2) is 8.42 Å². The number of sulfone groups is 1. The lowest BCUT2D eigenvalue weighted by Gasteiger charge is -2.34. The van der Waals surface area contributed by atoms with Crippen molar-refractivity contribution in [3.8, 4) is 11.5 Å². The second-order valence-corrected chi connectivity index (χ2v) is 19.3. The van der Waals surface area contributed by atoms with E-state index in [1.165, 1.54) is 21.0 Å². The Kier molecular flexibility index (Phi) is 15.9. The highest BCUT2D eigenvalue weighted by molar-refractivity contribution is 7.90. The van der Waals surface area contributed by atoms with Gasteiger partial charge in [0.25, 0.3) is 5.91 Å². The predicted octanol–water partition coefficient (Wildman–Crippen LogP) is 5.88. The number of ether oxygens (including phenoxy) is 3. The van der Waals surface area contributed by atoms with Crippen molar-refractivity contribution in [1.29, 1.82) is 0 Å². The van der Waals surface area contributed by atoms with Crippen LogP contribution in [0.15, 0.2) is 60.7 Å². The number of hydrogen-bond acceptors (Lipinski definition) is 12. The standard InChI is InChI=1S/C48H62N4O10S/c1-6-61-44-29-37(18-23-43(44)60-4)42(31-63(5,58)59)52-47(57)46-36(11-10-13-41(46)48(52)32-62-48)17-21-39(55)12-8-7-9-24-50-25-27-51(28-26-50)30-45(56)49-38-19-15-35(16-20-38)40(34(3)54)22-14-33(2)53/h10-11,13,15-16,18-20,23,29,40,42H,6-9,12,14,17,21-22,24-28,30-32H2,1-5H3,(H,49,56)/t40?,42-,48?/m1/s1. The molecule has 2 amide bonds. The first-order chi connectivity index (χ1) is 30.1. The minimum Gasteiger partial charge on any atom is -0.493 e. The summed E-state index contributed by atoms with van der Waals surface area (Å²) in [7, 11) is -2.02. The van der Waals surface area contributed by atoms with E-state index in [2.05, 4.69) is 15.1 Å². The summed E-state index contributed by atoms with van der Waals surface area (Å²) in [5, 5.41) is 2.96. The van der Waals surface area contributed by atoms with E-state index in [-0.39, 0.29) is 47.4 Å². The molecule has 0 aliphatic carbocycles. The summed E-state index contributed by atoms with van der Waals surface area (Å²) in [6, 6.07) is 17.2. The van der Waals surface area contributed by atoms with Crippen molar-refractivity contribution < 1.29 is 46.6 Å². The molecular formula is C48H62N4O10S. The largest absolute Gasteiger partial charge is 0.493 e. The van der Waals surface area contributed by atoms with Crippen molar-refractivity contribution in [3.63, 3.8) is 0 Å². The summed E-state index contributed by atoms with van der Waals surface area (Å²) in [5.74, 6) is 0.107. The van der Waals surface area contributed by atoms with Crippen LogP contribution < -0.4 is 14.8 Å². The number of carbonyl (C=O) groups excluding carboxylic acids is 5. The van der Waals surface area contributed by atoms with Gasteiger partial charge in [-0.2, -0.15) is 0 Å². The maximum atomic E-state index is 14.4. The molecule has 63 heavy (non-hydrogen) atoms. The molecule has 3 heterocycles. The smallest absolute Gasteiger partial charge is 0.257 e. The van der Waals surface area contributed by atoms with Crippen molar-refractivity contribution in [2.45, 2.75) is 89.8 Å². The molecule has 3 aliphatic rings. The van der Waals surface area contributed by atoms with Crippen LogP contribution in [0.4, 0.5) is 5.69 Å². The van der Waals surface area contributed by atoms with Crippen LogP contribution in [-0.4, -0.2) is 124 Å². The van der Waals surface area contributed by atoms with Crippen molar-refractivity contribution in [1.82, 2.24) is 14.7 Å². The van der Waals surface area contributed by atoms with Gasteiger partial charge in [-0.3, -0.25) is 29.0 Å². The second-order valence-electron chi connectivity index (χ2n) is 17.1. The number of ketones is 3. The molecular weight excluding hydrogens is 825 g/mol. The summed E-state index contributed by atoms with van der Waals surface area (Å²) < 4.78 is 42.9. The Hall–Kier alpha value is -4.96. The Labute approximate surface area is 371 Å². The van der Waals surface area contributed by atoms with Gasteiger partial charge in [-0.15, -0.1) is 0 Å². The van der Waals surface area contributed by atoms with E-state index in [4.69, 9.17) is 14.2 Å². The molecule has 340 valence electrons. The number of hydrogen-bond donors (Lipinski definition) is 1. The molecule has 2 fully saturated rings. The van der Waals surface area contributed by atoms with Gasteiger partial charge in [0.05, 0.1) is 37.6 Å². The molecule has 0 saturated carbocycles. The maximum Gasteiger partial charge on any atom is 0.257 e. The molecule has 14 nitrogen and oxygen atoms in total. The van der Waals surface area contributed by atoms with Crippen molar-refractivity contribution in [2.24, 2.45) is 0 Å². The lowest BCUT2D eigenvalue weighted by atomic mass is 9.90. The van der Waals surface area contributed by atoms with E-state index >= 15 is 0 Å². The molecule has 6 rings (SSSR count). The number of nitrogens with zero attached hydrogens (tertiary/aromatic N) is 3. The van der Waals surface area contributed by atoms with Gasteiger partial charge < -0.3 is 29.2 Å². The van der Waals surface area contributed by atoms with Crippen LogP contribution in [0.3, 0.4) is 0 Å². The molecule has 3 atom stereocenters. The number of fused-ring (bicyclic) bond motifs is 2. The predicted molar refractivity (Wildman–Crippen MR) is 240 cm³/mol. The van der Waals surface area contributed by atoms with E-state index < -0.39 is 21.6 Å². The average molecular weight is 887 g/mol. The fourth-order valence-electron chi connectivity index (χ4n) is 8.89. The molecule has 15 heteroatoms. The molecule has 3 aliphatic heterocycles. The van der Waals surface area contributed by atoms with Crippen LogP contribution in [0.1, 0.15) is 110 Å². The Bertz CT molecular complexity index is 2250. The number of anilines is 1. The maximum absolute atomic E-state index is 14.4. The lowest BCUT2D eigenvalue weighted by Crippen LogP contribution is -2.48. The van der Waals surface area contributed by atoms with Crippen LogP contribution in [0.25, 0.3) is 0 Å². The van der Waals surface area contributed by atoms with Crippen LogP contribution in [-0.2, 0) is 45.9 Å². The van der Waals surface area contributed by atoms with E-state index in [1.807, 2.05) is 37.3 Å². The van der Waals surface area contributed by atoms with Gasteiger partial charge in [0.2, 0.25) is 5.91 Å². The molecule has 3 aromatic carbocycles. The molecule has 3 aromatic rings. The Balaban J connectivity index is 0.929. The number of amides is 2. The zero-order valence-corrected chi connectivity index (χ0v) is 38.1. The SMILES string of the molecule is CCOc1cc([C@@H](CS(C)(=O)=O)N2C(=O)c3c(CCC(=O)CCCCCN4CCN(CC(=O)Nc5ccc(C(CCC(C)=O)C(C)=O)cc5)CC4)cccc3C23CO3)ccc1OC. The third kappa shape index (κ3) is 12.2. The molecule has 0 radical (unpaired) electrons. The molecule has 2 saturated heterocycles. The van der Waals surface area contributed by atoms with Crippen LogP contribution in [0, 0.1) is 0 Å². The summed E-state index contributed by atoms with van der Waals surface area (Å²) in [4.78, 5) is 70.0. The average Bonchev–Trinajstić information content (AvgIpc) is 4.00. The number of rotatable bonds is 24. The Morgan fingerprint density at radius 1 is 0.873 bits per heavy atom. The third-order valence-electron chi connectivity index (χ3n) is 12.3. The molecule has 1 N–H and O–H groups in total. The van der Waals surface area contributed by atoms with E-state index in [1.54, 1.807) is 35.2 Å². The lowest BCUT2D eigenvalue weighted by molar-refractivity contribution is -0.120. The molecule has 1 spiro atoms. The number of Topliss-reactive ketones (excluding diaryl/α,β-unsaturated/α-hetero) is 3. The topological polar surface area (TPSA) is 172 Å². The zero-order chi connectivity index (χ0) is 45.3. The van der Waals surface area contributed by atoms with E-state index in [9.17, 15) is 32.4 Å². The van der Waals surface area contributed by atoms with Gasteiger partial charge in [-0.05, 0) is 94.0 Å². The summed E-state index contributed by atoms with van der Waals surface area (Å²) in [5.41, 5.74) is 2.95. The molecule has 0 bridgehead atoms. The number of unbranched alkanes of at least 4 members (excludes halogenated alkanes) is 2. The van der Waals surface area contributed by atoms with Gasteiger partial charge in [0, 0.05) is 68.9 Å². The first-order valence-electron chi connectivity index (χ1n) is 22.1. The number of piperazine rings is 1. The number of epoxide rings is 1. The zero-order valence-electron chi connectivity index (χ0n) is 37.3. The summed E-state index contributed by atoms with van der Waals surface area (Å²) in [6.45, 7) is 10.0. The fourth-order valence-corrected chi connectivity index (χ4v) is 9.81. The number of methoxy groups -OCH3 is 1. The first-order valence-corrected chi connectivity index (χ1v) is 24.1. The summed E-state index contributed by atoms with van der Waals surface area (Å²) in [6.07, 6.45) is 5.81. The first kappa shape index (κ1) is 47.5. The number of benzene rings is 3. The monoisotopic (exact) mass is 886 g/mol. The second kappa shape index (κ2) is 21.1. The van der Waals surface area contributed by atoms with Gasteiger partial charge in [0.1, 0.15) is 33.8 Å². The quantitative estimate of drug-likeness (QED) is 0.0839. The minimum absolute atomic E-state index is 0.0166. The fraction of sp³-hybridized carbons (Fsp3) is 0.521. The molecule has 0 aromatic heterocycles. The number of nitrogens with one attached hydrogen (secondary N) is 1. The number of aryl methyl sites for hydroxylation is 1. The van der Waals surface area contributed by atoms with Gasteiger partial charge >= 0.3 is 0 Å². The minimum atomic E-state index is -3.55. The van der Waals surface area contributed by atoms with E-state index in [0.29, 0.717) is 79.1 Å². The highest BCUT2D eigenvalue weighted by Gasteiger charge is 2.63. The van der Waals surface area contributed by atoms with Crippen LogP contribution in [0.2, 0.25) is 0 Å². The van der Waals surface area contributed by atoms with Gasteiger partial charge in [0.15, 0.2) is 17.2 Å². The van der Waals surface area contributed by atoms with Crippen LogP contribution in [0.5, 0.6) is 11.5 Å². The molecule has 2 unspecified atom stereocenters. The normalized spacial score (nSPS) is 18.5. The summed E-state index contributed by atoms with van der Waals surface area (Å²) >= 11 is 0. The van der Waals surface area contributed by atoms with Crippen molar-refractivity contribution in [2.75, 3.05) is 76.9 Å². The van der Waals surface area contributed by atoms with E-state index in [0.717, 1.165) is 69.4 Å². The highest BCUT2D eigenvalue weighted by Crippen LogP contribution is 2.54. The Morgan fingerprint density at radius 3 is 2.21 bits per heavy atom. The van der Waals surface area contributed by atoms with Crippen molar-refractivity contribution in [3.05, 3.63) is 88.5 Å². The van der Waals surface area contributed by atoms with Crippen LogP contribution >= 0.6 is 0 Å². The highest BCUT2D eigenvalue weighted by atomic mass is 32.2. The third-order valence-corrected chi connectivity index (χ3v) is 13.2. The number of carbonyl (C=O) groups is 5. The Morgan fingerprint density at radius 2 is 1.57 bits per heavy atom.